The summed E-state index contributed by atoms with van der Waals surface area (Å²) in [6.07, 6.45) is 0.991. The van der Waals surface area contributed by atoms with E-state index in [2.05, 4.69) is 98.1 Å². The van der Waals surface area contributed by atoms with Gasteiger partial charge >= 0.3 is 0 Å². The van der Waals surface area contributed by atoms with Gasteiger partial charge in [0.1, 0.15) is 12.6 Å². The van der Waals surface area contributed by atoms with Gasteiger partial charge in [0.15, 0.2) is 0 Å². The number of nitrogens with one attached hydrogen (secondary N) is 3. The number of amides is 1. The Morgan fingerprint density at radius 2 is 1.54 bits per heavy atom. The maximum atomic E-state index is 12.8. The Bertz CT molecular complexity index is 1590. The minimum Gasteiger partial charge on any atom is -0.352 e. The average Bonchev–Trinajstić information content (AvgIpc) is 3.30. The molecule has 3 N–H and O–H groups in total. The second-order valence-corrected chi connectivity index (χ2v) is 10.1. The molecule has 0 aliphatic carbocycles. The summed E-state index contributed by atoms with van der Waals surface area (Å²) in [5, 5.41) is 5.53. The molecule has 5 rings (SSSR count). The Kier molecular flexibility index (Phi) is 6.98. The lowest BCUT2D eigenvalue weighted by molar-refractivity contribution is -0.896. The minimum absolute atomic E-state index is 0.00681. The van der Waals surface area contributed by atoms with Gasteiger partial charge < -0.3 is 15.2 Å². The number of benzene rings is 3. The molecule has 0 radical (unpaired) electrons. The van der Waals surface area contributed by atoms with Crippen LogP contribution in [-0.4, -0.2) is 37.1 Å². The van der Waals surface area contributed by atoms with Crippen molar-refractivity contribution in [2.45, 2.75) is 34.1 Å². The van der Waals surface area contributed by atoms with Gasteiger partial charge in [-0.15, -0.1) is 0 Å². The summed E-state index contributed by atoms with van der Waals surface area (Å²) in [5.41, 5.74) is 10.2. The lowest BCUT2D eigenvalue weighted by Gasteiger charge is -2.15. The van der Waals surface area contributed by atoms with Crippen LogP contribution in [0.1, 0.15) is 41.8 Å². The smallest absolute Gasteiger partial charge is 0.251 e. The van der Waals surface area contributed by atoms with E-state index in [1.54, 1.807) is 4.90 Å². The first-order valence-electron chi connectivity index (χ1n) is 13.5. The number of aryl methyl sites for hydroxylation is 3. The van der Waals surface area contributed by atoms with Crippen LogP contribution in [-0.2, 0) is 7.05 Å². The Morgan fingerprint density at radius 1 is 0.865 bits per heavy atom. The van der Waals surface area contributed by atoms with Gasteiger partial charge in [-0.05, 0) is 63.1 Å². The van der Waals surface area contributed by atoms with E-state index in [-0.39, 0.29) is 5.91 Å². The molecule has 5 heteroatoms. The van der Waals surface area contributed by atoms with E-state index in [1.165, 1.54) is 44.0 Å². The predicted molar refractivity (Wildman–Crippen MR) is 153 cm³/mol. The molecule has 0 saturated heterocycles. The fourth-order valence-corrected chi connectivity index (χ4v) is 5.77. The first-order chi connectivity index (χ1) is 17.9. The number of aromatic nitrogens is 2. The molecule has 190 valence electrons. The summed E-state index contributed by atoms with van der Waals surface area (Å²) < 4.78 is 2.32. The SMILES string of the molecule is CC[NH+](CC)CCCNC(=O)c1ccc(-c2c3cccc(C)c3[n+](C)c3c2[nH]c2c(C)cccc23)cc1. The number of rotatable bonds is 8. The number of carbonyl (C=O) groups excluding carboxylic acids is 1. The fourth-order valence-electron chi connectivity index (χ4n) is 5.77. The lowest BCUT2D eigenvalue weighted by Crippen LogP contribution is -3.11. The average molecular weight is 495 g/mol. The summed E-state index contributed by atoms with van der Waals surface area (Å²) >= 11 is 0. The molecule has 2 heterocycles. The van der Waals surface area contributed by atoms with Crippen LogP contribution in [0, 0.1) is 13.8 Å². The van der Waals surface area contributed by atoms with Crippen LogP contribution in [0.4, 0.5) is 0 Å². The van der Waals surface area contributed by atoms with E-state index >= 15 is 0 Å². The number of hydrogen-bond acceptors (Lipinski definition) is 1. The van der Waals surface area contributed by atoms with Crippen LogP contribution >= 0.6 is 0 Å². The van der Waals surface area contributed by atoms with E-state index < -0.39 is 0 Å². The maximum absolute atomic E-state index is 12.8. The van der Waals surface area contributed by atoms with Crippen molar-refractivity contribution < 1.29 is 14.3 Å². The highest BCUT2D eigenvalue weighted by Crippen LogP contribution is 2.37. The van der Waals surface area contributed by atoms with Crippen molar-refractivity contribution in [2.24, 2.45) is 7.05 Å². The topological polar surface area (TPSA) is 53.2 Å². The summed E-state index contributed by atoms with van der Waals surface area (Å²) in [5.74, 6) is -0.00681. The van der Waals surface area contributed by atoms with Crippen molar-refractivity contribution in [3.05, 3.63) is 77.4 Å². The minimum atomic E-state index is -0.00681. The number of aromatic amines is 1. The summed E-state index contributed by atoms with van der Waals surface area (Å²) in [7, 11) is 2.16. The number of pyridine rings is 1. The zero-order valence-electron chi connectivity index (χ0n) is 22.7. The number of hydrogen-bond donors (Lipinski definition) is 3. The molecule has 3 aromatic carbocycles. The number of fused-ring (bicyclic) bond motifs is 4. The molecule has 0 saturated carbocycles. The third kappa shape index (κ3) is 4.49. The van der Waals surface area contributed by atoms with Gasteiger partial charge in [-0.3, -0.25) is 4.79 Å². The molecule has 1 amide bonds. The van der Waals surface area contributed by atoms with E-state index in [0.717, 1.165) is 37.1 Å². The van der Waals surface area contributed by atoms with Crippen LogP contribution in [0.3, 0.4) is 0 Å². The number of nitrogens with zero attached hydrogens (tertiary/aromatic N) is 1. The quantitative estimate of drug-likeness (QED) is 0.214. The lowest BCUT2D eigenvalue weighted by atomic mass is 9.96. The molecule has 0 aliphatic heterocycles. The molecule has 0 spiro atoms. The van der Waals surface area contributed by atoms with Crippen molar-refractivity contribution in [2.75, 3.05) is 26.2 Å². The van der Waals surface area contributed by atoms with Crippen LogP contribution in [0.2, 0.25) is 0 Å². The number of H-pyrrole nitrogens is 1. The number of carbonyl (C=O) groups is 1. The standard InChI is InChI=1S/C32H36N4O/c1-6-36(7-2)20-10-19-33-32(37)24-17-15-23(16-18-24)27-25-13-9-12-22(4)30(25)35(5)31-26-14-8-11-21(3)28(26)34-29(27)31/h8-9,11-18H,6-7,10,19-20H2,1-5H3,(H,33,37)/p+2. The van der Waals surface area contributed by atoms with Gasteiger partial charge in [0.25, 0.3) is 5.91 Å². The van der Waals surface area contributed by atoms with Crippen LogP contribution in [0.25, 0.3) is 44.0 Å². The van der Waals surface area contributed by atoms with E-state index in [0.29, 0.717) is 12.1 Å². The third-order valence-electron chi connectivity index (χ3n) is 7.87. The zero-order valence-corrected chi connectivity index (χ0v) is 22.7. The molecule has 0 aliphatic rings. The highest BCUT2D eigenvalue weighted by molar-refractivity contribution is 6.15. The van der Waals surface area contributed by atoms with Crippen LogP contribution in [0.5, 0.6) is 0 Å². The summed E-state index contributed by atoms with van der Waals surface area (Å²) in [4.78, 5) is 18.1. The van der Waals surface area contributed by atoms with Crippen molar-refractivity contribution in [1.29, 1.82) is 0 Å². The molecule has 5 nitrogen and oxygen atoms in total. The van der Waals surface area contributed by atoms with Gasteiger partial charge in [0, 0.05) is 29.7 Å². The number of para-hydroxylation sites is 2. The molecule has 0 atom stereocenters. The molecule has 0 fully saturated rings. The van der Waals surface area contributed by atoms with Crippen molar-refractivity contribution >= 4 is 38.7 Å². The summed E-state index contributed by atoms with van der Waals surface area (Å²) in [6, 6.07) is 21.1. The van der Waals surface area contributed by atoms with Gasteiger partial charge in [-0.2, -0.15) is 4.57 Å². The second kappa shape index (κ2) is 10.3. The second-order valence-electron chi connectivity index (χ2n) is 10.1. The molecule has 2 aromatic heterocycles. The van der Waals surface area contributed by atoms with Crippen LogP contribution in [0.15, 0.2) is 60.7 Å². The molecule has 0 unspecified atom stereocenters. The van der Waals surface area contributed by atoms with Gasteiger partial charge in [-0.25, -0.2) is 0 Å². The van der Waals surface area contributed by atoms with Crippen molar-refractivity contribution in [3.8, 4) is 11.1 Å². The molecule has 5 aromatic rings. The number of quaternary nitrogens is 1. The molecular formula is C32H38N4O+2. The third-order valence-corrected chi connectivity index (χ3v) is 7.87. The first kappa shape index (κ1) is 25.0. The Hall–Kier alpha value is -3.70. The highest BCUT2D eigenvalue weighted by atomic mass is 16.1. The largest absolute Gasteiger partial charge is 0.352 e. The Labute approximate surface area is 219 Å². The molecule has 0 bridgehead atoms. The zero-order chi connectivity index (χ0) is 26.1. The highest BCUT2D eigenvalue weighted by Gasteiger charge is 2.25. The predicted octanol–water partition coefficient (Wildman–Crippen LogP) is 4.63. The Morgan fingerprint density at radius 3 is 2.24 bits per heavy atom. The van der Waals surface area contributed by atoms with E-state index in [4.69, 9.17) is 0 Å². The molecular weight excluding hydrogens is 456 g/mol. The maximum Gasteiger partial charge on any atom is 0.251 e. The van der Waals surface area contributed by atoms with E-state index in [1.807, 2.05) is 12.1 Å². The normalized spacial score (nSPS) is 11.7. The molecule has 37 heavy (non-hydrogen) atoms. The van der Waals surface area contributed by atoms with Crippen molar-refractivity contribution in [1.82, 2.24) is 10.3 Å². The van der Waals surface area contributed by atoms with Gasteiger partial charge in [0.2, 0.25) is 11.0 Å². The van der Waals surface area contributed by atoms with Crippen molar-refractivity contribution in [3.63, 3.8) is 0 Å². The van der Waals surface area contributed by atoms with Gasteiger partial charge in [0.05, 0.1) is 35.9 Å². The van der Waals surface area contributed by atoms with Crippen LogP contribution < -0.4 is 14.8 Å². The monoisotopic (exact) mass is 494 g/mol. The fraction of sp³-hybridized carbons (Fsp3) is 0.312. The summed E-state index contributed by atoms with van der Waals surface area (Å²) in [6.45, 7) is 12.8. The van der Waals surface area contributed by atoms with E-state index in [9.17, 15) is 4.79 Å². The van der Waals surface area contributed by atoms with Gasteiger partial charge in [-0.1, -0.05) is 36.4 Å². The first-order valence-corrected chi connectivity index (χ1v) is 13.5. The Balaban J connectivity index is 1.54.